The second-order valence-electron chi connectivity index (χ2n) is 10.5. The van der Waals surface area contributed by atoms with Crippen LogP contribution in [0.4, 0.5) is 26.3 Å². The highest BCUT2D eigenvalue weighted by molar-refractivity contribution is 7.99. The largest absolute Gasteiger partial charge is 0.416 e. The summed E-state index contributed by atoms with van der Waals surface area (Å²) in [6.07, 6.45) is -7.88. The molecule has 2 saturated heterocycles. The van der Waals surface area contributed by atoms with Gasteiger partial charge in [-0.25, -0.2) is 0 Å². The number of carbonyl (C=O) groups excluding carboxylic acids is 1. The van der Waals surface area contributed by atoms with Crippen molar-refractivity contribution in [1.82, 2.24) is 19.7 Å². The van der Waals surface area contributed by atoms with Gasteiger partial charge in [-0.3, -0.25) is 14.6 Å². The molecule has 5 rings (SSSR count). The van der Waals surface area contributed by atoms with Crippen molar-refractivity contribution in [3.63, 3.8) is 0 Å². The summed E-state index contributed by atoms with van der Waals surface area (Å²) >= 11 is 1.92. The molecule has 3 aromatic rings. The Labute approximate surface area is 268 Å². The monoisotopic (exact) mass is 680 g/mol. The van der Waals surface area contributed by atoms with Gasteiger partial charge in [-0.15, -0.1) is 24.8 Å². The lowest BCUT2D eigenvalue weighted by Gasteiger charge is -2.41. The molecule has 14 heteroatoms. The smallest absolute Gasteiger partial charge is 0.361 e. The number of aromatic amines is 1. The van der Waals surface area contributed by atoms with E-state index in [-0.39, 0.29) is 37.4 Å². The van der Waals surface area contributed by atoms with Crippen LogP contribution in [0.5, 0.6) is 0 Å². The molecule has 1 atom stereocenters. The Morgan fingerprint density at radius 2 is 1.48 bits per heavy atom. The summed E-state index contributed by atoms with van der Waals surface area (Å²) in [5.74, 6) is 7.73. The normalized spacial score (nSPS) is 18.2. The Kier molecular flexibility index (Phi) is 12.4. The number of nitrogens with zero attached hydrogens (tertiary/aromatic N) is 3. The first-order valence-electron chi connectivity index (χ1n) is 13.6. The summed E-state index contributed by atoms with van der Waals surface area (Å²) in [6, 6.07) is 8.18. The number of thioether (sulfide) groups is 1. The van der Waals surface area contributed by atoms with E-state index in [1.807, 2.05) is 42.2 Å². The third-order valence-corrected chi connectivity index (χ3v) is 8.57. The summed E-state index contributed by atoms with van der Waals surface area (Å²) in [5.41, 5.74) is -1.84. The number of halogens is 8. The van der Waals surface area contributed by atoms with Gasteiger partial charge in [0.05, 0.1) is 24.2 Å². The highest BCUT2D eigenvalue weighted by atomic mass is 35.5. The molecule has 2 aliphatic heterocycles. The molecule has 1 N–H and O–H groups in total. The second-order valence-corrected chi connectivity index (χ2v) is 11.7. The quantitative estimate of drug-likeness (QED) is 0.248. The molecule has 0 aliphatic carbocycles. The highest BCUT2D eigenvalue weighted by Gasteiger charge is 2.39. The first kappa shape index (κ1) is 35.9. The molecule has 240 valence electrons. The number of alkyl halides is 6. The number of rotatable bonds is 5. The van der Waals surface area contributed by atoms with E-state index < -0.39 is 41.0 Å². The average Bonchev–Trinajstić information content (AvgIpc) is 3.37. The number of benzene rings is 2. The van der Waals surface area contributed by atoms with E-state index in [2.05, 4.69) is 26.6 Å². The fourth-order valence-corrected chi connectivity index (χ4v) is 6.38. The molecule has 3 heterocycles. The fraction of sp³-hybridized carbons (Fsp3) is 0.433. The number of para-hydroxylation sites is 1. The Balaban J connectivity index is 0.00000264. The van der Waals surface area contributed by atoms with Crippen LogP contribution in [-0.2, 0) is 18.8 Å². The van der Waals surface area contributed by atoms with E-state index in [0.29, 0.717) is 44.7 Å². The summed E-state index contributed by atoms with van der Waals surface area (Å²) in [4.78, 5) is 22.6. The molecule has 1 amide bonds. The fourth-order valence-electron chi connectivity index (χ4n) is 5.40. The highest BCUT2D eigenvalue weighted by Crippen LogP contribution is 2.37. The van der Waals surface area contributed by atoms with E-state index in [4.69, 9.17) is 0 Å². The Morgan fingerprint density at radius 1 is 0.864 bits per heavy atom. The summed E-state index contributed by atoms with van der Waals surface area (Å²) in [5, 5.41) is 0.944. The first-order valence-corrected chi connectivity index (χ1v) is 14.8. The number of carbonyl (C=O) groups is 1. The van der Waals surface area contributed by atoms with Gasteiger partial charge >= 0.3 is 12.4 Å². The second kappa shape index (κ2) is 15.1. The topological polar surface area (TPSA) is 42.6 Å². The number of fused-ring (bicyclic) bond motifs is 1. The van der Waals surface area contributed by atoms with Gasteiger partial charge in [0.2, 0.25) is 0 Å². The molecular weight excluding hydrogens is 649 g/mol. The zero-order chi connectivity index (χ0) is 29.9. The molecular formula is C30H32Cl2F6N4OS. The van der Waals surface area contributed by atoms with Crippen molar-refractivity contribution in [2.24, 2.45) is 0 Å². The number of aromatic nitrogens is 1. The lowest BCUT2D eigenvalue weighted by molar-refractivity contribution is -0.143. The van der Waals surface area contributed by atoms with Crippen LogP contribution in [0.25, 0.3) is 10.9 Å². The molecule has 0 radical (unpaired) electrons. The van der Waals surface area contributed by atoms with Crippen molar-refractivity contribution >= 4 is 53.4 Å². The van der Waals surface area contributed by atoms with Crippen LogP contribution in [0.1, 0.15) is 27.0 Å². The van der Waals surface area contributed by atoms with Crippen LogP contribution in [0, 0.1) is 11.8 Å². The maximum Gasteiger partial charge on any atom is 0.416 e. The van der Waals surface area contributed by atoms with Gasteiger partial charge in [0.25, 0.3) is 5.91 Å². The van der Waals surface area contributed by atoms with Gasteiger partial charge in [0.1, 0.15) is 0 Å². The molecule has 0 unspecified atom stereocenters. The van der Waals surface area contributed by atoms with Crippen molar-refractivity contribution in [3.05, 3.63) is 70.9 Å². The SMILES string of the molecule is Cl.Cl.O=C(c1cc(C(F)(F)F)cc(C(F)(F)F)c1)N1CCN(CC#CCN2CCSCC2)C[C@H]1Cc1c[nH]c2ccccc12. The molecule has 1 aromatic heterocycles. The molecule has 2 aromatic carbocycles. The Morgan fingerprint density at radius 3 is 2.11 bits per heavy atom. The van der Waals surface area contributed by atoms with Gasteiger partial charge in [0.15, 0.2) is 0 Å². The standard InChI is InChI=1S/C30H30F6N4OS.2ClH/c31-29(32,33)23-15-21(16-24(18-23)30(34,35)36)28(41)40-10-9-39(8-4-3-7-38-11-13-42-14-12-38)20-25(40)17-22-19-37-27-6-2-1-5-26(22)27;;/h1-2,5-6,15-16,18-19,25,37H,7-14,17,20H2;2*1H/t25-;;/m1../s1. The Bertz CT molecular complexity index is 1450. The van der Waals surface area contributed by atoms with Crippen molar-refractivity contribution in [2.45, 2.75) is 24.8 Å². The minimum Gasteiger partial charge on any atom is -0.361 e. The zero-order valence-corrected chi connectivity index (χ0v) is 26.0. The van der Waals surface area contributed by atoms with Crippen LogP contribution < -0.4 is 0 Å². The van der Waals surface area contributed by atoms with Crippen LogP contribution in [0.2, 0.25) is 0 Å². The Hall–Kier alpha value is -2.56. The number of piperazine rings is 1. The molecule has 0 saturated carbocycles. The van der Waals surface area contributed by atoms with Gasteiger partial charge in [0, 0.05) is 72.9 Å². The predicted octanol–water partition coefficient (Wildman–Crippen LogP) is 6.47. The number of H-pyrrole nitrogens is 1. The minimum atomic E-state index is -5.04. The number of nitrogens with one attached hydrogen (secondary N) is 1. The predicted molar refractivity (Wildman–Crippen MR) is 166 cm³/mol. The zero-order valence-electron chi connectivity index (χ0n) is 23.5. The molecule has 5 nitrogen and oxygen atoms in total. The van der Waals surface area contributed by atoms with Gasteiger partial charge in [-0.05, 0) is 36.2 Å². The first-order chi connectivity index (χ1) is 20.0. The molecule has 0 spiro atoms. The number of hydrogen-bond donors (Lipinski definition) is 1. The number of hydrogen-bond acceptors (Lipinski definition) is 4. The summed E-state index contributed by atoms with van der Waals surface area (Å²) in [6.45, 7) is 4.05. The molecule has 2 aliphatic rings. The lowest BCUT2D eigenvalue weighted by Crippen LogP contribution is -2.56. The van der Waals surface area contributed by atoms with Gasteiger partial charge in [-0.1, -0.05) is 30.0 Å². The number of amides is 1. The van der Waals surface area contributed by atoms with E-state index in [1.54, 1.807) is 0 Å². The van der Waals surface area contributed by atoms with Crippen LogP contribution in [-0.4, -0.2) is 89.0 Å². The molecule has 2 fully saturated rings. The average molecular weight is 682 g/mol. The van der Waals surface area contributed by atoms with Crippen molar-refractivity contribution < 1.29 is 31.1 Å². The maximum absolute atomic E-state index is 13.6. The summed E-state index contributed by atoms with van der Waals surface area (Å²) in [7, 11) is 0. The van der Waals surface area contributed by atoms with Crippen molar-refractivity contribution in [3.8, 4) is 11.8 Å². The van der Waals surface area contributed by atoms with E-state index >= 15 is 0 Å². The maximum atomic E-state index is 13.6. The van der Waals surface area contributed by atoms with E-state index in [1.165, 1.54) is 4.90 Å². The van der Waals surface area contributed by atoms with E-state index in [9.17, 15) is 31.1 Å². The van der Waals surface area contributed by atoms with Gasteiger partial charge < -0.3 is 9.88 Å². The third-order valence-electron chi connectivity index (χ3n) is 7.63. The van der Waals surface area contributed by atoms with E-state index in [0.717, 1.165) is 41.1 Å². The van der Waals surface area contributed by atoms with Gasteiger partial charge in [-0.2, -0.15) is 38.1 Å². The van der Waals surface area contributed by atoms with Crippen LogP contribution >= 0.6 is 36.6 Å². The van der Waals surface area contributed by atoms with Crippen LogP contribution in [0.15, 0.2) is 48.7 Å². The molecule has 0 bridgehead atoms. The molecule has 44 heavy (non-hydrogen) atoms. The van der Waals surface area contributed by atoms with Crippen molar-refractivity contribution in [1.29, 1.82) is 0 Å². The lowest BCUT2D eigenvalue weighted by atomic mass is 9.98. The van der Waals surface area contributed by atoms with Crippen LogP contribution in [0.3, 0.4) is 0 Å². The minimum absolute atomic E-state index is 0. The third kappa shape index (κ3) is 8.79. The summed E-state index contributed by atoms with van der Waals surface area (Å²) < 4.78 is 81.1. The van der Waals surface area contributed by atoms with Crippen molar-refractivity contribution in [2.75, 3.05) is 57.3 Å².